The van der Waals surface area contributed by atoms with E-state index in [9.17, 15) is 4.39 Å². The van der Waals surface area contributed by atoms with Crippen LogP contribution in [-0.2, 0) is 0 Å². The molecule has 0 saturated carbocycles. The van der Waals surface area contributed by atoms with E-state index >= 15 is 0 Å². The first-order valence-corrected chi connectivity index (χ1v) is 3.51. The number of nitrogens with zero attached hydrogens (tertiary/aromatic N) is 4. The van der Waals surface area contributed by atoms with E-state index in [-0.39, 0.29) is 5.69 Å². The second-order valence-electron chi connectivity index (χ2n) is 2.44. The molecule has 2 aromatic rings. The minimum Gasteiger partial charge on any atom is -0.396 e. The van der Waals surface area contributed by atoms with Crippen LogP contribution in [0.25, 0.3) is 11.4 Å². The second kappa shape index (κ2) is 2.81. The molecule has 1 aromatic carbocycles. The van der Waals surface area contributed by atoms with E-state index in [4.69, 9.17) is 5.73 Å². The normalized spacial score (nSPS) is 10.2. The largest absolute Gasteiger partial charge is 0.396 e. The lowest BCUT2D eigenvalue weighted by Gasteiger charge is -2.01. The van der Waals surface area contributed by atoms with Crippen LogP contribution in [0.2, 0.25) is 0 Å². The maximum absolute atomic E-state index is 12.9. The first-order chi connectivity index (χ1) is 6.27. The van der Waals surface area contributed by atoms with Crippen molar-refractivity contribution in [3.63, 3.8) is 0 Å². The van der Waals surface area contributed by atoms with Gasteiger partial charge in [0.1, 0.15) is 5.82 Å². The molecule has 0 aliphatic carbocycles. The molecule has 0 atom stereocenters. The van der Waals surface area contributed by atoms with E-state index in [1.165, 1.54) is 12.1 Å². The maximum Gasteiger partial charge on any atom is 0.146 e. The minimum atomic E-state index is -0.498. The first-order valence-electron chi connectivity index (χ1n) is 3.51. The Morgan fingerprint density at radius 3 is 2.85 bits per heavy atom. The Balaban J connectivity index is 2.49. The van der Waals surface area contributed by atoms with Gasteiger partial charge < -0.3 is 10.8 Å². The Morgan fingerprint density at radius 2 is 2.23 bits per heavy atom. The van der Waals surface area contributed by atoms with Crippen LogP contribution in [0.4, 0.5) is 10.1 Å². The minimum absolute atomic E-state index is 0.0937. The standard InChI is InChI=1S/C7H5FN5/c8-5-3-4(1-2-6(5)9)7-10-12-13-11-7/h1-3H,9H2/q-1. The third-order valence-electron chi connectivity index (χ3n) is 1.58. The first kappa shape index (κ1) is 7.66. The van der Waals surface area contributed by atoms with Crippen LogP contribution < -0.4 is 10.8 Å². The van der Waals surface area contributed by atoms with Crippen LogP contribution in [-0.4, -0.2) is 15.5 Å². The molecule has 0 unspecified atom stereocenters. The zero-order chi connectivity index (χ0) is 9.26. The number of hydrogen-bond acceptors (Lipinski definition) is 4. The lowest BCUT2D eigenvalue weighted by Crippen LogP contribution is -1.91. The Morgan fingerprint density at radius 1 is 1.38 bits per heavy atom. The van der Waals surface area contributed by atoms with Gasteiger partial charge in [-0.2, -0.15) is 5.21 Å². The molecule has 0 aliphatic heterocycles. The molecular formula is C7H5FN5-. The van der Waals surface area contributed by atoms with E-state index in [0.717, 1.165) is 0 Å². The zero-order valence-corrected chi connectivity index (χ0v) is 6.48. The number of anilines is 1. The highest BCUT2D eigenvalue weighted by Crippen LogP contribution is 2.18. The fourth-order valence-electron chi connectivity index (χ4n) is 0.926. The van der Waals surface area contributed by atoms with Gasteiger partial charge >= 0.3 is 0 Å². The van der Waals surface area contributed by atoms with Crippen LogP contribution in [0.3, 0.4) is 0 Å². The van der Waals surface area contributed by atoms with Crippen molar-refractivity contribution in [2.75, 3.05) is 5.73 Å². The monoisotopic (exact) mass is 178 g/mol. The average Bonchev–Trinajstić information content (AvgIpc) is 2.62. The van der Waals surface area contributed by atoms with Crippen molar-refractivity contribution in [3.8, 4) is 11.4 Å². The van der Waals surface area contributed by atoms with Crippen molar-refractivity contribution in [3.05, 3.63) is 24.0 Å². The Kier molecular flexibility index (Phi) is 1.66. The number of nitrogens with two attached hydrogens (primary N) is 1. The fourth-order valence-corrected chi connectivity index (χ4v) is 0.926. The number of hydrogen-bond donors (Lipinski definition) is 1. The molecule has 0 saturated heterocycles. The summed E-state index contributed by atoms with van der Waals surface area (Å²) in [5.74, 6) is -0.207. The van der Waals surface area contributed by atoms with Crippen molar-refractivity contribution in [1.82, 2.24) is 20.6 Å². The van der Waals surface area contributed by atoms with Gasteiger partial charge in [-0.15, -0.1) is 0 Å². The van der Waals surface area contributed by atoms with Crippen molar-refractivity contribution in [2.24, 2.45) is 0 Å². The molecule has 2 N–H and O–H groups in total. The Labute approximate surface area is 72.8 Å². The van der Waals surface area contributed by atoms with Gasteiger partial charge in [0.2, 0.25) is 0 Å². The van der Waals surface area contributed by atoms with Crippen LogP contribution >= 0.6 is 0 Å². The molecule has 0 aliphatic rings. The van der Waals surface area contributed by atoms with Crippen LogP contribution in [0.15, 0.2) is 18.2 Å². The molecule has 13 heavy (non-hydrogen) atoms. The Hall–Kier alpha value is -1.98. The summed E-state index contributed by atoms with van der Waals surface area (Å²) in [7, 11) is 0. The highest BCUT2D eigenvalue weighted by atomic mass is 19.1. The van der Waals surface area contributed by atoms with Gasteiger partial charge in [-0.05, 0) is 17.7 Å². The average molecular weight is 178 g/mol. The third-order valence-corrected chi connectivity index (χ3v) is 1.58. The van der Waals surface area contributed by atoms with Gasteiger partial charge in [-0.1, -0.05) is 6.07 Å². The molecule has 2 rings (SSSR count). The Bertz CT molecular complexity index is 411. The van der Waals surface area contributed by atoms with Crippen molar-refractivity contribution in [1.29, 1.82) is 0 Å². The van der Waals surface area contributed by atoms with E-state index in [1.807, 2.05) is 0 Å². The van der Waals surface area contributed by atoms with Crippen molar-refractivity contribution in [2.45, 2.75) is 0 Å². The molecular weight excluding hydrogens is 173 g/mol. The number of benzene rings is 1. The number of rotatable bonds is 1. The van der Waals surface area contributed by atoms with E-state index in [2.05, 4.69) is 20.6 Å². The van der Waals surface area contributed by atoms with Crippen LogP contribution in [0, 0.1) is 5.82 Å². The molecule has 0 fully saturated rings. The van der Waals surface area contributed by atoms with Crippen molar-refractivity contribution >= 4 is 5.69 Å². The lowest BCUT2D eigenvalue weighted by atomic mass is 10.2. The fraction of sp³-hybridized carbons (Fsp3) is 0. The van der Waals surface area contributed by atoms with Gasteiger partial charge in [-0.3, -0.25) is 10.3 Å². The maximum atomic E-state index is 12.9. The predicted octanol–water partition coefficient (Wildman–Crippen LogP) is 0.217. The van der Waals surface area contributed by atoms with Crippen LogP contribution in [0.1, 0.15) is 0 Å². The summed E-state index contributed by atoms with van der Waals surface area (Å²) in [6, 6.07) is 4.30. The number of aromatic nitrogens is 4. The molecule has 6 heteroatoms. The molecule has 0 radical (unpaired) electrons. The summed E-state index contributed by atoms with van der Waals surface area (Å²) in [4.78, 5) is 0. The van der Waals surface area contributed by atoms with E-state index < -0.39 is 5.82 Å². The smallest absolute Gasteiger partial charge is 0.146 e. The predicted molar refractivity (Wildman–Crippen MR) is 43.0 cm³/mol. The second-order valence-corrected chi connectivity index (χ2v) is 2.44. The third kappa shape index (κ3) is 1.33. The molecule has 1 heterocycles. The summed E-state index contributed by atoms with van der Waals surface area (Å²) in [5, 5.41) is 13.7. The molecule has 0 spiro atoms. The van der Waals surface area contributed by atoms with Gasteiger partial charge in [0.15, 0.2) is 0 Å². The van der Waals surface area contributed by atoms with Gasteiger partial charge in [-0.25, -0.2) is 4.39 Å². The summed E-state index contributed by atoms with van der Waals surface area (Å²) in [5.41, 5.74) is 5.90. The summed E-state index contributed by atoms with van der Waals surface area (Å²) in [6.45, 7) is 0. The number of halogens is 1. The summed E-state index contributed by atoms with van der Waals surface area (Å²) in [6.07, 6.45) is 0. The summed E-state index contributed by atoms with van der Waals surface area (Å²) < 4.78 is 12.9. The van der Waals surface area contributed by atoms with E-state index in [1.54, 1.807) is 6.07 Å². The van der Waals surface area contributed by atoms with Crippen molar-refractivity contribution < 1.29 is 4.39 Å². The van der Waals surface area contributed by atoms with Gasteiger partial charge in [0.25, 0.3) is 0 Å². The van der Waals surface area contributed by atoms with Crippen LogP contribution in [0.5, 0.6) is 0 Å². The lowest BCUT2D eigenvalue weighted by molar-refractivity contribution is 0.633. The number of tetrazole rings is 1. The molecule has 1 aromatic heterocycles. The highest BCUT2D eigenvalue weighted by Gasteiger charge is 2.00. The molecule has 5 nitrogen and oxygen atoms in total. The zero-order valence-electron chi connectivity index (χ0n) is 6.48. The molecule has 0 amide bonds. The molecule has 66 valence electrons. The molecule has 0 bridgehead atoms. The highest BCUT2D eigenvalue weighted by molar-refractivity contribution is 5.58. The van der Waals surface area contributed by atoms with E-state index in [0.29, 0.717) is 11.4 Å². The quantitative estimate of drug-likeness (QED) is 0.632. The topological polar surface area (TPSA) is 78.8 Å². The van der Waals surface area contributed by atoms with Gasteiger partial charge in [0.05, 0.1) is 5.69 Å². The van der Waals surface area contributed by atoms with Gasteiger partial charge in [0, 0.05) is 5.82 Å². The SMILES string of the molecule is Nc1ccc(-c2nnn[n-]2)cc1F. The summed E-state index contributed by atoms with van der Waals surface area (Å²) >= 11 is 0. The number of nitrogen functional groups attached to an aromatic ring is 1.